The molecule has 0 fully saturated rings. The summed E-state index contributed by atoms with van der Waals surface area (Å²) in [7, 11) is 0. The molecule has 0 bridgehead atoms. The molecule has 7 heteroatoms. The van der Waals surface area contributed by atoms with Crippen molar-refractivity contribution < 1.29 is 4.79 Å². The Hall–Kier alpha value is -2.67. The number of hydrogen-bond acceptors (Lipinski definition) is 5. The van der Waals surface area contributed by atoms with Crippen molar-refractivity contribution in [2.24, 2.45) is 0 Å². The van der Waals surface area contributed by atoms with Crippen molar-refractivity contribution in [3.8, 4) is 0 Å². The number of nitrogen functional groups attached to an aromatic ring is 1. The van der Waals surface area contributed by atoms with E-state index >= 15 is 0 Å². The second kappa shape index (κ2) is 5.37. The first-order chi connectivity index (χ1) is 10.1. The van der Waals surface area contributed by atoms with Crippen molar-refractivity contribution in [1.82, 2.24) is 15.3 Å². The van der Waals surface area contributed by atoms with Crippen LogP contribution < -0.4 is 15.9 Å². The van der Waals surface area contributed by atoms with Crippen LogP contribution in [-0.4, -0.2) is 15.9 Å². The third kappa shape index (κ3) is 2.63. The molecule has 0 aliphatic heterocycles. The van der Waals surface area contributed by atoms with E-state index in [4.69, 9.17) is 5.73 Å². The number of carbonyl (C=O) groups is 1. The monoisotopic (exact) mass is 300 g/mol. The first-order valence-electron chi connectivity index (χ1n) is 6.23. The highest BCUT2D eigenvalue weighted by Gasteiger charge is 2.12. The molecule has 0 aliphatic carbocycles. The fourth-order valence-electron chi connectivity index (χ4n) is 2.07. The van der Waals surface area contributed by atoms with E-state index in [1.807, 2.05) is 24.3 Å². The van der Waals surface area contributed by atoms with Gasteiger partial charge in [-0.15, -0.1) is 0 Å². The number of nitrogens with one attached hydrogen (secondary N) is 2. The number of thiazole rings is 1. The van der Waals surface area contributed by atoms with Gasteiger partial charge in [0, 0.05) is 22.7 Å². The maximum atomic E-state index is 12.3. The molecule has 106 valence electrons. The van der Waals surface area contributed by atoms with Crippen LogP contribution in [0, 0.1) is 0 Å². The zero-order valence-corrected chi connectivity index (χ0v) is 11.7. The van der Waals surface area contributed by atoms with Crippen LogP contribution in [0.4, 0.5) is 5.82 Å². The Kier molecular flexibility index (Phi) is 3.41. The maximum absolute atomic E-state index is 12.3. The van der Waals surface area contributed by atoms with E-state index in [2.05, 4.69) is 15.3 Å². The Bertz CT molecular complexity index is 869. The highest BCUT2D eigenvalue weighted by molar-refractivity contribution is 7.07. The number of amides is 1. The number of aromatic nitrogens is 2. The third-order valence-electron chi connectivity index (χ3n) is 3.08. The van der Waals surface area contributed by atoms with Crippen LogP contribution in [0.25, 0.3) is 10.8 Å². The highest BCUT2D eigenvalue weighted by Crippen LogP contribution is 2.22. The number of carbonyl (C=O) groups excluding carboxylic acids is 1. The van der Waals surface area contributed by atoms with Gasteiger partial charge in [-0.05, 0) is 5.39 Å². The van der Waals surface area contributed by atoms with E-state index in [0.29, 0.717) is 17.1 Å². The van der Waals surface area contributed by atoms with Crippen LogP contribution in [0.1, 0.15) is 16.1 Å². The number of rotatable bonds is 3. The zero-order chi connectivity index (χ0) is 14.8. The summed E-state index contributed by atoms with van der Waals surface area (Å²) in [4.78, 5) is 29.9. The zero-order valence-electron chi connectivity index (χ0n) is 10.9. The lowest BCUT2D eigenvalue weighted by Crippen LogP contribution is -2.23. The lowest BCUT2D eigenvalue weighted by atomic mass is 10.1. The number of aromatic amines is 1. The van der Waals surface area contributed by atoms with Crippen LogP contribution >= 0.6 is 11.3 Å². The number of benzene rings is 1. The molecule has 0 spiro atoms. The fraction of sp³-hybridized carbons (Fsp3) is 0.0714. The number of nitrogens with two attached hydrogens (primary N) is 1. The van der Waals surface area contributed by atoms with Gasteiger partial charge in [-0.2, -0.15) is 0 Å². The van der Waals surface area contributed by atoms with Gasteiger partial charge in [-0.3, -0.25) is 9.59 Å². The van der Waals surface area contributed by atoms with E-state index in [9.17, 15) is 9.59 Å². The summed E-state index contributed by atoms with van der Waals surface area (Å²) in [6, 6.07) is 7.34. The molecule has 0 atom stereocenters. The van der Waals surface area contributed by atoms with Crippen molar-refractivity contribution in [3.63, 3.8) is 0 Å². The van der Waals surface area contributed by atoms with Gasteiger partial charge in [0.2, 0.25) is 0 Å². The molecule has 4 N–H and O–H groups in total. The van der Waals surface area contributed by atoms with Crippen molar-refractivity contribution in [2.75, 3.05) is 5.73 Å². The average Bonchev–Trinajstić information content (AvgIpc) is 2.91. The summed E-state index contributed by atoms with van der Waals surface area (Å²) in [5.74, 6) is 0.134. The predicted molar refractivity (Wildman–Crippen MR) is 82.3 cm³/mol. The highest BCUT2D eigenvalue weighted by atomic mass is 32.1. The predicted octanol–water partition coefficient (Wildman–Crippen LogP) is 1.50. The number of nitrogens with zero attached hydrogens (tertiary/aromatic N) is 1. The van der Waals surface area contributed by atoms with Crippen LogP contribution in [-0.2, 0) is 6.54 Å². The molecule has 0 radical (unpaired) electrons. The van der Waals surface area contributed by atoms with E-state index in [-0.39, 0.29) is 17.3 Å². The van der Waals surface area contributed by atoms with E-state index < -0.39 is 0 Å². The Morgan fingerprint density at radius 3 is 2.81 bits per heavy atom. The normalized spacial score (nSPS) is 10.7. The number of fused-ring (bicyclic) bond motifs is 1. The SMILES string of the molecule is Nc1ncc(C(=O)NCc2csc(=O)[nH]2)c2ccccc12. The summed E-state index contributed by atoms with van der Waals surface area (Å²) >= 11 is 1.07. The molecule has 0 aliphatic rings. The van der Waals surface area contributed by atoms with Gasteiger partial charge in [0.1, 0.15) is 5.82 Å². The lowest BCUT2D eigenvalue weighted by molar-refractivity contribution is 0.0952. The average molecular weight is 300 g/mol. The third-order valence-corrected chi connectivity index (χ3v) is 3.80. The summed E-state index contributed by atoms with van der Waals surface area (Å²) < 4.78 is 0. The van der Waals surface area contributed by atoms with Crippen molar-refractivity contribution in [1.29, 1.82) is 0 Å². The minimum Gasteiger partial charge on any atom is -0.383 e. The molecule has 1 aromatic carbocycles. The van der Waals surface area contributed by atoms with E-state index in [1.54, 1.807) is 5.38 Å². The number of H-pyrrole nitrogens is 1. The Balaban J connectivity index is 1.88. The number of pyridine rings is 1. The minimum atomic E-state index is -0.259. The molecular formula is C14H12N4O2S. The number of anilines is 1. The van der Waals surface area contributed by atoms with Crippen molar-refractivity contribution >= 4 is 33.8 Å². The van der Waals surface area contributed by atoms with Gasteiger partial charge in [-0.25, -0.2) is 4.98 Å². The fourth-order valence-corrected chi connectivity index (χ4v) is 2.65. The first kappa shape index (κ1) is 13.3. The Morgan fingerprint density at radius 1 is 1.33 bits per heavy atom. The lowest BCUT2D eigenvalue weighted by Gasteiger charge is -2.08. The van der Waals surface area contributed by atoms with Gasteiger partial charge < -0.3 is 16.0 Å². The van der Waals surface area contributed by atoms with Crippen LogP contribution in [0.2, 0.25) is 0 Å². The molecule has 2 aromatic heterocycles. The maximum Gasteiger partial charge on any atom is 0.304 e. The van der Waals surface area contributed by atoms with Gasteiger partial charge in [0.25, 0.3) is 5.91 Å². The topological polar surface area (TPSA) is 101 Å². The Morgan fingerprint density at radius 2 is 2.10 bits per heavy atom. The molecular weight excluding hydrogens is 288 g/mol. The molecule has 0 saturated heterocycles. The molecule has 21 heavy (non-hydrogen) atoms. The molecule has 6 nitrogen and oxygen atoms in total. The summed E-state index contributed by atoms with van der Waals surface area (Å²) in [6.07, 6.45) is 1.46. The van der Waals surface area contributed by atoms with Crippen LogP contribution in [0.5, 0.6) is 0 Å². The molecule has 0 saturated carbocycles. The van der Waals surface area contributed by atoms with Gasteiger partial charge >= 0.3 is 4.87 Å². The summed E-state index contributed by atoms with van der Waals surface area (Å²) in [5.41, 5.74) is 6.94. The number of hydrogen-bond donors (Lipinski definition) is 3. The largest absolute Gasteiger partial charge is 0.383 e. The van der Waals surface area contributed by atoms with Crippen molar-refractivity contribution in [3.05, 3.63) is 56.8 Å². The minimum absolute atomic E-state index is 0.140. The molecule has 3 rings (SSSR count). The molecule has 2 heterocycles. The molecule has 3 aromatic rings. The van der Waals surface area contributed by atoms with E-state index in [1.165, 1.54) is 6.20 Å². The van der Waals surface area contributed by atoms with Crippen molar-refractivity contribution in [2.45, 2.75) is 6.54 Å². The second-order valence-corrected chi connectivity index (χ2v) is 5.30. The van der Waals surface area contributed by atoms with Crippen LogP contribution in [0.3, 0.4) is 0 Å². The van der Waals surface area contributed by atoms with Crippen LogP contribution in [0.15, 0.2) is 40.6 Å². The molecule has 1 amide bonds. The summed E-state index contributed by atoms with van der Waals surface area (Å²) in [5, 5.41) is 5.94. The Labute approximate surface area is 123 Å². The smallest absolute Gasteiger partial charge is 0.304 e. The second-order valence-electron chi connectivity index (χ2n) is 4.46. The molecule has 0 unspecified atom stereocenters. The summed E-state index contributed by atoms with van der Waals surface area (Å²) in [6.45, 7) is 0.260. The standard InChI is InChI=1S/C14H12N4O2S/c15-12-10-4-2-1-3-9(10)11(6-16-12)13(19)17-5-8-7-21-14(20)18-8/h1-4,6-7H,5H2,(H2,15,16)(H,17,19)(H,18,20). The van der Waals surface area contributed by atoms with Gasteiger partial charge in [-0.1, -0.05) is 35.6 Å². The first-order valence-corrected chi connectivity index (χ1v) is 7.11. The quantitative estimate of drug-likeness (QED) is 0.682. The van der Waals surface area contributed by atoms with E-state index in [0.717, 1.165) is 22.1 Å². The van der Waals surface area contributed by atoms with Gasteiger partial charge in [0.05, 0.1) is 12.1 Å². The van der Waals surface area contributed by atoms with Gasteiger partial charge in [0.15, 0.2) is 0 Å².